The summed E-state index contributed by atoms with van der Waals surface area (Å²) in [4.78, 5) is 32.2. The third-order valence-corrected chi connectivity index (χ3v) is 4.54. The Morgan fingerprint density at radius 1 is 1.24 bits per heavy atom. The van der Waals surface area contributed by atoms with Crippen LogP contribution >= 0.6 is 0 Å². The number of sulfonamides is 1. The highest BCUT2D eigenvalue weighted by Crippen LogP contribution is 2.21. The highest BCUT2D eigenvalue weighted by Gasteiger charge is 2.34. The van der Waals surface area contributed by atoms with E-state index in [2.05, 4.69) is 0 Å². The van der Waals surface area contributed by atoms with Gasteiger partial charge in [-0.05, 0) is 18.2 Å². The Morgan fingerprint density at radius 3 is 2.29 bits per heavy atom. The second-order valence-corrected chi connectivity index (χ2v) is 6.10. The molecule has 112 valence electrons. The third-order valence-electron chi connectivity index (χ3n) is 2.72. The number of nitrogens with one attached hydrogen (secondary N) is 1. The van der Waals surface area contributed by atoms with Gasteiger partial charge in [0.1, 0.15) is 10.7 Å². The lowest BCUT2D eigenvalue weighted by molar-refractivity contribution is -0.134. The lowest BCUT2D eigenvalue weighted by Crippen LogP contribution is -2.53. The van der Waals surface area contributed by atoms with E-state index in [4.69, 9.17) is 5.11 Å². The summed E-state index contributed by atoms with van der Waals surface area (Å²) in [5.74, 6) is -4.33. The minimum Gasteiger partial charge on any atom is -0.478 e. The van der Waals surface area contributed by atoms with Crippen LogP contribution in [0.3, 0.4) is 0 Å². The number of hydrogen-bond donors (Lipinski definition) is 2. The number of carbonyl (C=O) groups is 3. The molecule has 2 amide bonds. The van der Waals surface area contributed by atoms with Crippen molar-refractivity contribution in [3.05, 3.63) is 29.6 Å². The van der Waals surface area contributed by atoms with Crippen molar-refractivity contribution < 1.29 is 32.3 Å². The first-order valence-electron chi connectivity index (χ1n) is 5.57. The van der Waals surface area contributed by atoms with Crippen LogP contribution in [0.1, 0.15) is 10.4 Å². The molecule has 1 aromatic rings. The topological polar surface area (TPSA) is 121 Å². The molecule has 1 aliphatic rings. The second kappa shape index (κ2) is 5.22. The first-order chi connectivity index (χ1) is 9.71. The summed E-state index contributed by atoms with van der Waals surface area (Å²) < 4.78 is 38.7. The fourth-order valence-electron chi connectivity index (χ4n) is 1.76. The van der Waals surface area contributed by atoms with Crippen LogP contribution in [0.15, 0.2) is 23.1 Å². The molecule has 2 N–H and O–H groups in total. The molecule has 0 aliphatic carbocycles. The molecule has 0 saturated carbocycles. The summed E-state index contributed by atoms with van der Waals surface area (Å²) in [6, 6.07) is 2.26. The monoisotopic (exact) mass is 316 g/mol. The maximum absolute atomic E-state index is 13.8. The van der Waals surface area contributed by atoms with E-state index in [0.29, 0.717) is 10.4 Å². The largest absolute Gasteiger partial charge is 0.478 e. The molecule has 10 heteroatoms. The van der Waals surface area contributed by atoms with Gasteiger partial charge in [-0.25, -0.2) is 17.6 Å². The van der Waals surface area contributed by atoms with E-state index >= 15 is 0 Å². The molecule has 1 aliphatic heterocycles. The van der Waals surface area contributed by atoms with Crippen LogP contribution in [0.4, 0.5) is 4.39 Å². The molecule has 8 nitrogen and oxygen atoms in total. The molecule has 0 aromatic heterocycles. The van der Waals surface area contributed by atoms with E-state index in [1.807, 2.05) is 5.32 Å². The van der Waals surface area contributed by atoms with Gasteiger partial charge in [0, 0.05) is 0 Å². The van der Waals surface area contributed by atoms with Crippen molar-refractivity contribution in [3.63, 3.8) is 0 Å². The van der Waals surface area contributed by atoms with Crippen LogP contribution < -0.4 is 5.32 Å². The third kappa shape index (κ3) is 2.90. The zero-order valence-corrected chi connectivity index (χ0v) is 11.2. The standard InChI is InChI=1S/C11H9FN2O6S/c12-7-3-6(11(17)18)1-2-8(7)21(19,20)14-4-9(15)13-10(16)5-14/h1-3H,4-5H2,(H,17,18)(H,13,15,16). The van der Waals surface area contributed by atoms with E-state index in [-0.39, 0.29) is 0 Å². The Kier molecular flexibility index (Phi) is 3.75. The predicted molar refractivity (Wildman–Crippen MR) is 65.3 cm³/mol. The van der Waals surface area contributed by atoms with Gasteiger partial charge in [-0.2, -0.15) is 4.31 Å². The minimum absolute atomic E-state index is 0.418. The quantitative estimate of drug-likeness (QED) is 0.702. The molecule has 0 unspecified atom stereocenters. The van der Waals surface area contributed by atoms with Crippen molar-refractivity contribution in [2.45, 2.75) is 4.90 Å². The molecule has 0 spiro atoms. The highest BCUT2D eigenvalue weighted by atomic mass is 32.2. The summed E-state index contributed by atoms with van der Waals surface area (Å²) in [5, 5.41) is 10.6. The van der Waals surface area contributed by atoms with Crippen LogP contribution in [0.5, 0.6) is 0 Å². The number of imide groups is 1. The molecule has 1 aromatic carbocycles. The summed E-state index contributed by atoms with van der Waals surface area (Å²) >= 11 is 0. The smallest absolute Gasteiger partial charge is 0.335 e. The Morgan fingerprint density at radius 2 is 1.81 bits per heavy atom. The second-order valence-electron chi connectivity index (χ2n) is 4.19. The average Bonchev–Trinajstić information content (AvgIpc) is 2.36. The number of carboxylic acid groups (broad SMARTS) is 1. The van der Waals surface area contributed by atoms with E-state index in [0.717, 1.165) is 12.1 Å². The zero-order chi connectivity index (χ0) is 15.8. The summed E-state index contributed by atoms with van der Waals surface area (Å²) in [7, 11) is -4.42. The lowest BCUT2D eigenvalue weighted by atomic mass is 10.2. The van der Waals surface area contributed by atoms with Gasteiger partial charge in [0.05, 0.1) is 18.7 Å². The number of halogens is 1. The number of nitrogens with zero attached hydrogens (tertiary/aromatic N) is 1. The molecule has 0 atom stereocenters. The highest BCUT2D eigenvalue weighted by molar-refractivity contribution is 7.89. The van der Waals surface area contributed by atoms with E-state index in [1.165, 1.54) is 0 Å². The first kappa shape index (κ1) is 15.1. The SMILES string of the molecule is O=C1CN(S(=O)(=O)c2ccc(C(=O)O)cc2F)CC(=O)N1. The van der Waals surface area contributed by atoms with Crippen LogP contribution in [0.25, 0.3) is 0 Å². The molecule has 21 heavy (non-hydrogen) atoms. The maximum atomic E-state index is 13.8. The van der Waals surface area contributed by atoms with Crippen molar-refractivity contribution in [1.29, 1.82) is 0 Å². The zero-order valence-electron chi connectivity index (χ0n) is 10.4. The average molecular weight is 316 g/mol. The lowest BCUT2D eigenvalue weighted by Gasteiger charge is -2.24. The molecule has 0 bridgehead atoms. The number of amides is 2. The predicted octanol–water partition coefficient (Wildman–Crippen LogP) is -0.829. The summed E-state index contributed by atoms with van der Waals surface area (Å²) in [5.41, 5.74) is -0.418. The van der Waals surface area contributed by atoms with Gasteiger partial charge >= 0.3 is 5.97 Å². The number of aromatic carboxylic acids is 1. The molecule has 1 fully saturated rings. The van der Waals surface area contributed by atoms with E-state index in [9.17, 15) is 27.2 Å². The number of rotatable bonds is 3. The van der Waals surface area contributed by atoms with Crippen molar-refractivity contribution in [1.82, 2.24) is 9.62 Å². The van der Waals surface area contributed by atoms with E-state index in [1.54, 1.807) is 0 Å². The van der Waals surface area contributed by atoms with Gasteiger partial charge in [0.25, 0.3) is 0 Å². The number of carbonyl (C=O) groups excluding carboxylic acids is 2. The molecule has 1 heterocycles. The van der Waals surface area contributed by atoms with Crippen molar-refractivity contribution >= 4 is 27.8 Å². The number of benzene rings is 1. The van der Waals surface area contributed by atoms with Gasteiger partial charge in [-0.15, -0.1) is 0 Å². The minimum atomic E-state index is -4.42. The van der Waals surface area contributed by atoms with Crippen LogP contribution in [-0.4, -0.2) is 48.7 Å². The Hall–Kier alpha value is -2.33. The Labute approximate surface area is 118 Å². The normalized spacial score (nSPS) is 16.6. The number of hydrogen-bond acceptors (Lipinski definition) is 5. The molecular weight excluding hydrogens is 307 g/mol. The Bertz CT molecular complexity index is 729. The first-order valence-corrected chi connectivity index (χ1v) is 7.01. The van der Waals surface area contributed by atoms with Gasteiger partial charge in [0.15, 0.2) is 0 Å². The van der Waals surface area contributed by atoms with Gasteiger partial charge in [-0.3, -0.25) is 14.9 Å². The van der Waals surface area contributed by atoms with Crippen molar-refractivity contribution in [2.24, 2.45) is 0 Å². The molecule has 1 saturated heterocycles. The fourth-order valence-corrected chi connectivity index (χ4v) is 3.16. The summed E-state index contributed by atoms with van der Waals surface area (Å²) in [6.45, 7) is -1.23. The molecule has 2 rings (SSSR count). The van der Waals surface area contributed by atoms with Crippen molar-refractivity contribution in [3.8, 4) is 0 Å². The molecular formula is C11H9FN2O6S. The van der Waals surface area contributed by atoms with E-state index < -0.39 is 57.2 Å². The van der Waals surface area contributed by atoms with Gasteiger partial charge in [-0.1, -0.05) is 0 Å². The Balaban J connectivity index is 2.42. The summed E-state index contributed by atoms with van der Waals surface area (Å²) in [6.07, 6.45) is 0. The van der Waals surface area contributed by atoms with Gasteiger partial charge in [0.2, 0.25) is 21.8 Å². The van der Waals surface area contributed by atoms with Gasteiger partial charge < -0.3 is 5.11 Å². The number of carboxylic acids is 1. The van der Waals surface area contributed by atoms with Crippen molar-refractivity contribution in [2.75, 3.05) is 13.1 Å². The van der Waals surface area contributed by atoms with Crippen LogP contribution in [0, 0.1) is 5.82 Å². The number of piperazine rings is 1. The van der Waals surface area contributed by atoms with Crippen LogP contribution in [-0.2, 0) is 19.6 Å². The van der Waals surface area contributed by atoms with Crippen LogP contribution in [0.2, 0.25) is 0 Å². The molecule has 0 radical (unpaired) electrons. The maximum Gasteiger partial charge on any atom is 0.335 e. The fraction of sp³-hybridized carbons (Fsp3) is 0.182.